The summed E-state index contributed by atoms with van der Waals surface area (Å²) < 4.78 is 0. The van der Waals surface area contributed by atoms with Crippen molar-refractivity contribution in [2.75, 3.05) is 0 Å². The van der Waals surface area contributed by atoms with E-state index in [-0.39, 0.29) is 11.7 Å². The monoisotopic (exact) mass is 386 g/mol. The normalized spacial score (nSPS) is 12.0. The lowest BCUT2D eigenvalue weighted by Crippen LogP contribution is -2.33. The third-order valence-corrected chi connectivity index (χ3v) is 8.97. The quantitative estimate of drug-likeness (QED) is 0.468. The van der Waals surface area contributed by atoms with E-state index in [0.29, 0.717) is 11.7 Å². The summed E-state index contributed by atoms with van der Waals surface area (Å²) in [4.78, 5) is 13.3. The first-order chi connectivity index (χ1) is 13.6. The number of hydrogen-bond donors (Lipinski definition) is 0. The fourth-order valence-electron chi connectivity index (χ4n) is 3.58. The third-order valence-electron chi connectivity index (χ3n) is 4.73. The summed E-state index contributed by atoms with van der Waals surface area (Å²) >= 11 is 0. The van der Waals surface area contributed by atoms with Crippen molar-refractivity contribution in [3.05, 3.63) is 91.0 Å². The average molecular weight is 386 g/mol. The Hall–Kier alpha value is -2.88. The maximum absolute atomic E-state index is 13.3. The molecular weight excluding hydrogens is 362 g/mol. The molecule has 0 fully saturated rings. The molecule has 0 amide bonds. The second kappa shape index (κ2) is 8.87. The molecule has 0 N–H and O–H groups in total. The number of nitrogens with zero attached hydrogens (tertiary/aromatic N) is 1. The molecule has 140 valence electrons. The highest BCUT2D eigenvalue weighted by Crippen LogP contribution is 2.46. The van der Waals surface area contributed by atoms with Crippen molar-refractivity contribution in [3.63, 3.8) is 0 Å². The Labute approximate surface area is 167 Å². The maximum Gasteiger partial charge on any atom is 0.174 e. The zero-order valence-electron chi connectivity index (χ0n) is 16.2. The van der Waals surface area contributed by atoms with Crippen LogP contribution in [0.25, 0.3) is 0 Å². The molecule has 28 heavy (non-hydrogen) atoms. The largest absolute Gasteiger partial charge is 0.293 e. The van der Waals surface area contributed by atoms with Crippen LogP contribution in [-0.2, 0) is 4.79 Å². The van der Waals surface area contributed by atoms with Crippen molar-refractivity contribution >= 4 is 33.9 Å². The number of carbonyl (C=O) groups is 1. The Morgan fingerprint density at radius 1 is 0.786 bits per heavy atom. The molecule has 0 aliphatic rings. The minimum Gasteiger partial charge on any atom is -0.293 e. The topological polar surface area (TPSA) is 40.9 Å². The van der Waals surface area contributed by atoms with Crippen LogP contribution in [0.5, 0.6) is 0 Å². The summed E-state index contributed by atoms with van der Waals surface area (Å²) in [6.07, 6.45) is 0.372. The van der Waals surface area contributed by atoms with Gasteiger partial charge in [0.15, 0.2) is 5.78 Å². The number of rotatable bonds is 6. The van der Waals surface area contributed by atoms with Crippen LogP contribution in [0.1, 0.15) is 20.3 Å². The van der Waals surface area contributed by atoms with E-state index in [9.17, 15) is 10.1 Å². The smallest absolute Gasteiger partial charge is 0.174 e. The third kappa shape index (κ3) is 3.72. The molecule has 0 aliphatic heterocycles. The van der Waals surface area contributed by atoms with Crippen LogP contribution in [0, 0.1) is 17.2 Å². The Morgan fingerprint density at radius 3 is 1.43 bits per heavy atom. The van der Waals surface area contributed by atoms with Crippen LogP contribution >= 0.6 is 6.89 Å². The molecule has 0 saturated heterocycles. The lowest BCUT2D eigenvalue weighted by Gasteiger charge is -2.30. The average Bonchev–Trinajstić information content (AvgIpc) is 2.73. The SMILES string of the molecule is C[C@@H]([13CH3])CC(=O)C(C#N)=P(c1ccccc1)(c1ccccc1)c1ccccc1. The van der Waals surface area contributed by atoms with Crippen LogP contribution in [0.3, 0.4) is 0 Å². The van der Waals surface area contributed by atoms with Gasteiger partial charge in [-0.05, 0) is 28.7 Å². The number of Topliss-reactive ketones (excluding diaryl/α,β-unsaturated/α-hetero) is 1. The molecule has 0 spiro atoms. The minimum atomic E-state index is -2.57. The molecule has 0 radical (unpaired) electrons. The highest BCUT2D eigenvalue weighted by atomic mass is 31.2. The van der Waals surface area contributed by atoms with Crippen molar-refractivity contribution in [1.82, 2.24) is 0 Å². The number of nitriles is 1. The van der Waals surface area contributed by atoms with Crippen LogP contribution in [0.2, 0.25) is 0 Å². The van der Waals surface area contributed by atoms with E-state index < -0.39 is 6.89 Å². The van der Waals surface area contributed by atoms with E-state index in [1.54, 1.807) is 0 Å². The van der Waals surface area contributed by atoms with Gasteiger partial charge in [0.05, 0.1) is 0 Å². The number of ketones is 1. The Bertz CT molecular complexity index is 929. The maximum atomic E-state index is 13.3. The molecule has 3 heteroatoms. The first-order valence-electron chi connectivity index (χ1n) is 9.47. The summed E-state index contributed by atoms with van der Waals surface area (Å²) in [6.45, 7) is 1.46. The molecule has 2 nitrogen and oxygen atoms in total. The summed E-state index contributed by atoms with van der Waals surface area (Å²) in [6, 6.07) is 32.5. The zero-order chi connectivity index (χ0) is 20.0. The van der Waals surface area contributed by atoms with E-state index in [0.717, 1.165) is 15.9 Å². The van der Waals surface area contributed by atoms with E-state index in [1.165, 1.54) is 0 Å². The number of hydrogen-bond acceptors (Lipinski definition) is 2. The first kappa shape index (κ1) is 19.9. The van der Waals surface area contributed by atoms with Gasteiger partial charge in [-0.15, -0.1) is 0 Å². The second-order valence-electron chi connectivity index (χ2n) is 7.16. The molecule has 0 aliphatic carbocycles. The fraction of sp³-hybridized carbons (Fsp3) is 0.160. The molecule has 0 heterocycles. The van der Waals surface area contributed by atoms with Gasteiger partial charge in [-0.3, -0.25) is 4.79 Å². The van der Waals surface area contributed by atoms with Gasteiger partial charge in [-0.1, -0.05) is 105 Å². The lowest BCUT2D eigenvalue weighted by molar-refractivity contribution is -0.113. The van der Waals surface area contributed by atoms with Crippen molar-refractivity contribution < 1.29 is 4.79 Å². The van der Waals surface area contributed by atoms with Crippen LogP contribution in [-0.4, -0.2) is 11.1 Å². The van der Waals surface area contributed by atoms with Crippen molar-refractivity contribution in [1.29, 1.82) is 5.26 Å². The first-order valence-corrected chi connectivity index (χ1v) is 11.3. The van der Waals surface area contributed by atoms with Crippen molar-refractivity contribution in [2.45, 2.75) is 20.3 Å². The molecule has 3 aromatic carbocycles. The van der Waals surface area contributed by atoms with Gasteiger partial charge in [0.1, 0.15) is 11.4 Å². The Balaban J connectivity index is 2.53. The van der Waals surface area contributed by atoms with E-state index in [1.807, 2.05) is 105 Å². The molecule has 3 rings (SSSR count). The van der Waals surface area contributed by atoms with Crippen LogP contribution in [0.15, 0.2) is 91.0 Å². The second-order valence-corrected chi connectivity index (χ2v) is 10.5. The fourth-order valence-corrected chi connectivity index (χ4v) is 7.72. The van der Waals surface area contributed by atoms with Crippen molar-refractivity contribution in [3.8, 4) is 6.07 Å². The van der Waals surface area contributed by atoms with Gasteiger partial charge < -0.3 is 0 Å². The zero-order valence-corrected chi connectivity index (χ0v) is 17.1. The van der Waals surface area contributed by atoms with Gasteiger partial charge in [-0.2, -0.15) is 5.26 Å². The lowest BCUT2D eigenvalue weighted by atomic mass is 10.1. The summed E-state index contributed by atoms with van der Waals surface area (Å²) in [5, 5.41) is 13.7. The molecular formula is C25H24NOP. The Morgan fingerprint density at radius 2 is 1.14 bits per heavy atom. The van der Waals surface area contributed by atoms with Crippen LogP contribution in [0.4, 0.5) is 0 Å². The molecule has 3 aromatic rings. The van der Waals surface area contributed by atoms with Gasteiger partial charge in [0, 0.05) is 6.42 Å². The summed E-state index contributed by atoms with van der Waals surface area (Å²) in [7, 11) is 0. The summed E-state index contributed by atoms with van der Waals surface area (Å²) in [5.41, 5.74) is 0. The summed E-state index contributed by atoms with van der Waals surface area (Å²) in [5.74, 6) is 0.141. The van der Waals surface area contributed by atoms with Crippen LogP contribution < -0.4 is 15.9 Å². The molecule has 0 aromatic heterocycles. The predicted molar refractivity (Wildman–Crippen MR) is 120 cm³/mol. The molecule has 0 saturated carbocycles. The predicted octanol–water partition coefficient (Wildman–Crippen LogP) is 4.29. The highest BCUT2D eigenvalue weighted by Gasteiger charge is 2.33. The Kier molecular flexibility index (Phi) is 6.30. The van der Waals surface area contributed by atoms with Gasteiger partial charge in [0.2, 0.25) is 0 Å². The van der Waals surface area contributed by atoms with E-state index in [2.05, 4.69) is 6.07 Å². The number of benzene rings is 3. The standard InChI is InChI=1S/C25H24NOP/c1-20(2)18-24(27)25(19-26)28(21-12-6-3-7-13-21,22-14-8-4-9-15-22)23-16-10-5-11-17-23/h3-17,20H,18H2,1-2H3/i1+1/t20-/m1/s1. The van der Waals surface area contributed by atoms with E-state index >= 15 is 0 Å². The van der Waals surface area contributed by atoms with Gasteiger partial charge in [0.25, 0.3) is 0 Å². The van der Waals surface area contributed by atoms with Gasteiger partial charge >= 0.3 is 0 Å². The number of carbonyl (C=O) groups excluding carboxylic acids is 1. The highest BCUT2D eigenvalue weighted by molar-refractivity contribution is 7.96. The molecule has 1 atom stereocenters. The van der Waals surface area contributed by atoms with Gasteiger partial charge in [-0.25, -0.2) is 0 Å². The van der Waals surface area contributed by atoms with Crippen molar-refractivity contribution in [2.24, 2.45) is 5.92 Å². The molecule has 0 bridgehead atoms. The van der Waals surface area contributed by atoms with E-state index in [4.69, 9.17) is 0 Å². The molecule has 0 unspecified atom stereocenters. The minimum absolute atomic E-state index is 0.0533.